The number of ether oxygens (including phenoxy) is 4. The van der Waals surface area contributed by atoms with Crippen LogP contribution in [0.4, 0.5) is 10.6 Å². The highest BCUT2D eigenvalue weighted by atomic mass is 16.7. The van der Waals surface area contributed by atoms with E-state index < -0.39 is 11.9 Å². The van der Waals surface area contributed by atoms with Crippen molar-refractivity contribution in [2.24, 2.45) is 0 Å². The second kappa shape index (κ2) is 12.1. The number of methoxy groups -OCH3 is 1. The minimum absolute atomic E-state index is 0.284. The van der Waals surface area contributed by atoms with Gasteiger partial charge in [-0.2, -0.15) is 5.10 Å². The van der Waals surface area contributed by atoms with Gasteiger partial charge in [-0.3, -0.25) is 0 Å². The van der Waals surface area contributed by atoms with Crippen molar-refractivity contribution < 1.29 is 23.7 Å². The quantitative estimate of drug-likeness (QED) is 0.422. The summed E-state index contributed by atoms with van der Waals surface area (Å²) in [6, 6.07) is 0. The van der Waals surface area contributed by atoms with Gasteiger partial charge >= 0.3 is 6.09 Å². The summed E-state index contributed by atoms with van der Waals surface area (Å²) in [5.41, 5.74) is 1.17. The fourth-order valence-electron chi connectivity index (χ4n) is 3.55. The zero-order valence-electron chi connectivity index (χ0n) is 20.6. The van der Waals surface area contributed by atoms with Crippen LogP contribution >= 0.6 is 0 Å². The molecule has 1 amide bonds. The Morgan fingerprint density at radius 2 is 1.75 bits per heavy atom. The maximum Gasteiger partial charge on any atom is 0.410 e. The zero-order valence-corrected chi connectivity index (χ0v) is 20.6. The predicted molar refractivity (Wildman–Crippen MR) is 122 cm³/mol. The van der Waals surface area contributed by atoms with E-state index in [0.717, 1.165) is 17.1 Å². The highest BCUT2D eigenvalue weighted by Crippen LogP contribution is 2.32. The molecule has 1 fully saturated rings. The van der Waals surface area contributed by atoms with E-state index in [9.17, 15) is 4.79 Å². The predicted octanol–water partition coefficient (Wildman–Crippen LogP) is 3.18. The molecule has 2 rings (SSSR count). The van der Waals surface area contributed by atoms with E-state index in [1.165, 1.54) is 0 Å². The number of rotatable bonds is 9. The Balaban J connectivity index is 2.34. The molecule has 1 aliphatic rings. The third-order valence-corrected chi connectivity index (χ3v) is 4.84. The lowest BCUT2D eigenvalue weighted by atomic mass is 10.1. The van der Waals surface area contributed by atoms with Gasteiger partial charge in [-0.25, -0.2) is 9.48 Å². The van der Waals surface area contributed by atoms with Crippen molar-refractivity contribution in [3.8, 4) is 11.8 Å². The van der Waals surface area contributed by atoms with Gasteiger partial charge in [0.15, 0.2) is 0 Å². The molecule has 0 unspecified atom stereocenters. The summed E-state index contributed by atoms with van der Waals surface area (Å²) in [5, 5.41) is 4.80. The minimum Gasteiger partial charge on any atom is -0.444 e. The van der Waals surface area contributed by atoms with Gasteiger partial charge in [0.2, 0.25) is 6.29 Å². The molecule has 0 aromatic carbocycles. The van der Waals surface area contributed by atoms with Crippen LogP contribution in [0.25, 0.3) is 0 Å². The third-order valence-electron chi connectivity index (χ3n) is 4.84. The van der Waals surface area contributed by atoms with Gasteiger partial charge in [-0.1, -0.05) is 5.92 Å². The molecule has 1 saturated heterocycles. The summed E-state index contributed by atoms with van der Waals surface area (Å²) in [6.07, 6.45) is -0.333. The van der Waals surface area contributed by atoms with Gasteiger partial charge < -0.3 is 28.7 Å². The number of carbonyl (C=O) groups is 1. The van der Waals surface area contributed by atoms with Gasteiger partial charge in [0.05, 0.1) is 0 Å². The highest BCUT2D eigenvalue weighted by Gasteiger charge is 2.31. The van der Waals surface area contributed by atoms with Gasteiger partial charge in [0.25, 0.3) is 0 Å². The molecular weight excluding hydrogens is 412 g/mol. The van der Waals surface area contributed by atoms with Crippen molar-refractivity contribution in [3.05, 3.63) is 11.3 Å². The van der Waals surface area contributed by atoms with Gasteiger partial charge in [-0.15, -0.1) is 5.92 Å². The van der Waals surface area contributed by atoms with E-state index in [1.54, 1.807) is 12.0 Å². The van der Waals surface area contributed by atoms with E-state index in [-0.39, 0.29) is 6.09 Å². The number of piperazine rings is 1. The summed E-state index contributed by atoms with van der Waals surface area (Å²) in [5.74, 6) is 7.07. The maximum absolute atomic E-state index is 12.5. The Kier molecular flexibility index (Phi) is 9.82. The molecule has 1 aromatic heterocycles. The first-order chi connectivity index (χ1) is 15.3. The first-order valence-corrected chi connectivity index (χ1v) is 11.2. The number of hydrogen-bond acceptors (Lipinski definition) is 7. The van der Waals surface area contributed by atoms with Crippen LogP contribution in [-0.4, -0.2) is 72.9 Å². The Bertz CT molecular complexity index is 792. The Hall–Kier alpha value is -2.28. The van der Waals surface area contributed by atoms with Crippen molar-refractivity contribution in [3.63, 3.8) is 0 Å². The largest absolute Gasteiger partial charge is 0.444 e. The molecular formula is C23H38N4O5. The van der Waals surface area contributed by atoms with Gasteiger partial charge in [0.1, 0.15) is 23.8 Å². The molecule has 0 N–H and O–H groups in total. The molecule has 0 atom stereocenters. The van der Waals surface area contributed by atoms with Crippen LogP contribution in [0.3, 0.4) is 0 Å². The normalized spacial score (nSPS) is 14.5. The molecule has 9 heteroatoms. The van der Waals surface area contributed by atoms with Crippen molar-refractivity contribution in [1.82, 2.24) is 14.7 Å². The maximum atomic E-state index is 12.5. The standard InChI is InChI=1S/C23H38N4O5/c1-8-11-12-18-19(21(30-9-2)31-10-3)24-27(17-29-7)20(18)25-13-15-26(16-14-25)22(28)32-23(4,5)6/h21H,9-10,12-17H2,1-7H3. The van der Waals surface area contributed by atoms with Crippen LogP contribution in [0.2, 0.25) is 0 Å². The molecule has 1 aromatic rings. The summed E-state index contributed by atoms with van der Waals surface area (Å²) in [7, 11) is 1.64. The number of carbonyl (C=O) groups excluding carboxylic acids is 1. The number of anilines is 1. The summed E-state index contributed by atoms with van der Waals surface area (Å²) in [6.45, 7) is 15.0. The van der Waals surface area contributed by atoms with Crippen molar-refractivity contribution in [1.29, 1.82) is 0 Å². The van der Waals surface area contributed by atoms with Crippen LogP contribution in [-0.2, 0) is 32.1 Å². The lowest BCUT2D eigenvalue weighted by Crippen LogP contribution is -2.50. The fraction of sp³-hybridized carbons (Fsp3) is 0.739. The van der Waals surface area contributed by atoms with Crippen LogP contribution in [0, 0.1) is 11.8 Å². The molecule has 2 heterocycles. The number of nitrogens with zero attached hydrogens (tertiary/aromatic N) is 4. The van der Waals surface area contributed by atoms with Crippen LogP contribution in [0.15, 0.2) is 0 Å². The molecule has 32 heavy (non-hydrogen) atoms. The van der Waals surface area contributed by atoms with Crippen molar-refractivity contribution >= 4 is 11.9 Å². The third kappa shape index (κ3) is 6.86. The molecule has 0 bridgehead atoms. The highest BCUT2D eigenvalue weighted by molar-refractivity contribution is 5.68. The second-order valence-electron chi connectivity index (χ2n) is 8.41. The Morgan fingerprint density at radius 3 is 2.25 bits per heavy atom. The van der Waals surface area contributed by atoms with Crippen molar-refractivity contribution in [2.45, 2.75) is 66.6 Å². The Morgan fingerprint density at radius 1 is 1.12 bits per heavy atom. The molecule has 0 spiro atoms. The number of amides is 1. The molecule has 0 radical (unpaired) electrons. The second-order valence-corrected chi connectivity index (χ2v) is 8.41. The summed E-state index contributed by atoms with van der Waals surface area (Å²) < 4.78 is 24.5. The SMILES string of the molecule is CC#CCc1c(C(OCC)OCC)nn(COC)c1N1CCN(C(=O)OC(C)(C)C)CC1. The molecule has 1 aliphatic heterocycles. The molecule has 180 valence electrons. The average molecular weight is 451 g/mol. The topological polar surface area (TPSA) is 78.3 Å². The molecule has 9 nitrogen and oxygen atoms in total. The lowest BCUT2D eigenvalue weighted by molar-refractivity contribution is -0.143. The monoisotopic (exact) mass is 450 g/mol. The average Bonchev–Trinajstić information content (AvgIpc) is 3.09. The lowest BCUT2D eigenvalue weighted by Gasteiger charge is -2.37. The first kappa shape index (κ1) is 26.0. The fourth-order valence-corrected chi connectivity index (χ4v) is 3.55. The number of hydrogen-bond donors (Lipinski definition) is 0. The van der Waals surface area contributed by atoms with E-state index in [4.69, 9.17) is 24.0 Å². The van der Waals surface area contributed by atoms with E-state index >= 15 is 0 Å². The zero-order chi connectivity index (χ0) is 23.7. The minimum atomic E-state index is -0.571. The van der Waals surface area contributed by atoms with E-state index in [1.807, 2.05) is 46.2 Å². The van der Waals surface area contributed by atoms with Crippen molar-refractivity contribution in [2.75, 3.05) is 51.4 Å². The number of aromatic nitrogens is 2. The van der Waals surface area contributed by atoms with Crippen LogP contribution < -0.4 is 4.90 Å². The summed E-state index contributed by atoms with van der Waals surface area (Å²) in [4.78, 5) is 16.4. The van der Waals surface area contributed by atoms with Gasteiger partial charge in [0, 0.05) is 58.5 Å². The van der Waals surface area contributed by atoms with Crippen LogP contribution in [0.1, 0.15) is 59.1 Å². The summed E-state index contributed by atoms with van der Waals surface area (Å²) >= 11 is 0. The smallest absolute Gasteiger partial charge is 0.410 e. The van der Waals surface area contributed by atoms with Gasteiger partial charge in [-0.05, 0) is 41.5 Å². The Labute approximate surface area is 191 Å². The molecule has 0 aliphatic carbocycles. The van der Waals surface area contributed by atoms with E-state index in [2.05, 4.69) is 16.7 Å². The van der Waals surface area contributed by atoms with Crippen LogP contribution in [0.5, 0.6) is 0 Å². The first-order valence-electron chi connectivity index (χ1n) is 11.2. The van der Waals surface area contributed by atoms with E-state index in [0.29, 0.717) is 52.5 Å². The molecule has 0 saturated carbocycles.